The maximum absolute atomic E-state index is 12.8. The summed E-state index contributed by atoms with van der Waals surface area (Å²) in [4.78, 5) is 25.3. The van der Waals surface area contributed by atoms with Gasteiger partial charge in [0.1, 0.15) is 28.9 Å². The number of ether oxygens (including phenoxy) is 2. The highest BCUT2D eigenvalue weighted by molar-refractivity contribution is 6.00. The third-order valence-corrected chi connectivity index (χ3v) is 5.16. The molecule has 1 aliphatic heterocycles. The average molecular weight is 416 g/mol. The fourth-order valence-corrected chi connectivity index (χ4v) is 3.55. The molecule has 8 nitrogen and oxygen atoms in total. The molecule has 0 saturated heterocycles. The molecule has 4 atom stereocenters. The quantitative estimate of drug-likeness (QED) is 0.545. The van der Waals surface area contributed by atoms with Gasteiger partial charge in [-0.15, -0.1) is 0 Å². The second kappa shape index (κ2) is 7.97. The molecule has 0 aromatic heterocycles. The molecule has 2 aliphatic rings. The number of hydrogen-bond acceptors (Lipinski definition) is 8. The Morgan fingerprint density at radius 1 is 1.33 bits per heavy atom. The normalized spacial score (nSPS) is 27.0. The number of benzene rings is 1. The van der Waals surface area contributed by atoms with Gasteiger partial charge in [0.2, 0.25) is 0 Å². The minimum absolute atomic E-state index is 0.0315. The van der Waals surface area contributed by atoms with Crippen LogP contribution in [-0.2, 0) is 14.3 Å². The van der Waals surface area contributed by atoms with Gasteiger partial charge < -0.3 is 29.9 Å². The zero-order valence-electron chi connectivity index (χ0n) is 16.8. The Kier molecular flexibility index (Phi) is 5.74. The number of ketones is 1. The van der Waals surface area contributed by atoms with Gasteiger partial charge in [-0.25, -0.2) is 4.79 Å². The van der Waals surface area contributed by atoms with E-state index in [1.807, 2.05) is 0 Å². The van der Waals surface area contributed by atoms with Crippen LogP contribution in [0.2, 0.25) is 0 Å². The van der Waals surface area contributed by atoms with Gasteiger partial charge in [-0.1, -0.05) is 6.08 Å². The van der Waals surface area contributed by atoms with Crippen LogP contribution >= 0.6 is 0 Å². The van der Waals surface area contributed by atoms with Gasteiger partial charge >= 0.3 is 5.97 Å². The Bertz CT molecular complexity index is 944. The number of phenolic OH excluding ortho intramolecular Hbond substituents is 2. The zero-order chi connectivity index (χ0) is 22.2. The molecule has 0 amide bonds. The van der Waals surface area contributed by atoms with Crippen molar-refractivity contribution in [3.05, 3.63) is 58.9 Å². The zero-order valence-corrected chi connectivity index (χ0v) is 16.8. The lowest BCUT2D eigenvalue weighted by molar-refractivity contribution is -0.151. The summed E-state index contributed by atoms with van der Waals surface area (Å²) in [6, 6.07) is 2.30. The third-order valence-electron chi connectivity index (χ3n) is 5.16. The first kappa shape index (κ1) is 21.6. The topological polar surface area (TPSA) is 134 Å². The molecule has 1 heterocycles. The number of esters is 1. The molecule has 0 spiro atoms. The Labute approximate surface area is 173 Å². The monoisotopic (exact) mass is 416 g/mol. The van der Waals surface area contributed by atoms with Crippen molar-refractivity contribution in [1.29, 1.82) is 0 Å². The Hall–Kier alpha value is -3.10. The highest BCUT2D eigenvalue weighted by atomic mass is 16.6. The standard InChI is InChI=1S/C22H24O8/c1-11-6-14(24)9-17(25)19(11)21(27)30-20-16-10-29-15(5-4-12(2)23)7-13(16)8-18(26)22(20,3)28/h4-9,12,16,20,23-25,28H,10H2,1-3H3. The SMILES string of the molecule is Cc1cc(O)cc(O)c1C(=O)OC1C2COC(C=CC(C)O)=CC2=CC(=O)C1(C)O. The van der Waals surface area contributed by atoms with E-state index in [1.165, 1.54) is 32.1 Å². The Balaban J connectivity index is 1.93. The van der Waals surface area contributed by atoms with Gasteiger partial charge in [0, 0.05) is 6.07 Å². The first-order valence-electron chi connectivity index (χ1n) is 9.43. The van der Waals surface area contributed by atoms with E-state index in [4.69, 9.17) is 9.47 Å². The van der Waals surface area contributed by atoms with Crippen LogP contribution in [0.5, 0.6) is 11.5 Å². The van der Waals surface area contributed by atoms with Gasteiger partial charge in [0.25, 0.3) is 0 Å². The third kappa shape index (κ3) is 4.10. The molecule has 1 aromatic carbocycles. The van der Waals surface area contributed by atoms with Crippen molar-refractivity contribution >= 4 is 11.8 Å². The molecular formula is C22H24O8. The van der Waals surface area contributed by atoms with Crippen molar-refractivity contribution in [2.75, 3.05) is 6.61 Å². The summed E-state index contributed by atoms with van der Waals surface area (Å²) in [7, 11) is 0. The minimum atomic E-state index is -1.99. The van der Waals surface area contributed by atoms with Gasteiger partial charge in [0.15, 0.2) is 11.4 Å². The van der Waals surface area contributed by atoms with E-state index < -0.39 is 41.2 Å². The van der Waals surface area contributed by atoms with Crippen molar-refractivity contribution in [2.45, 2.75) is 38.6 Å². The molecule has 0 fully saturated rings. The molecule has 0 radical (unpaired) electrons. The fraction of sp³-hybridized carbons (Fsp3) is 0.364. The van der Waals surface area contributed by atoms with Crippen LogP contribution in [0.25, 0.3) is 0 Å². The highest BCUT2D eigenvalue weighted by Gasteiger charge is 2.51. The minimum Gasteiger partial charge on any atom is -0.508 e. The van der Waals surface area contributed by atoms with E-state index in [0.29, 0.717) is 11.3 Å². The number of carbonyl (C=O) groups excluding carboxylic acids is 2. The van der Waals surface area contributed by atoms with Crippen LogP contribution in [0.15, 0.2) is 47.8 Å². The van der Waals surface area contributed by atoms with Gasteiger partial charge in [-0.05, 0) is 56.2 Å². The number of carbonyl (C=O) groups is 2. The van der Waals surface area contributed by atoms with Crippen molar-refractivity contribution < 1.29 is 39.5 Å². The largest absolute Gasteiger partial charge is 0.508 e. The predicted octanol–water partition coefficient (Wildman–Crippen LogP) is 1.66. The van der Waals surface area contributed by atoms with E-state index in [-0.39, 0.29) is 23.5 Å². The molecule has 160 valence electrons. The molecule has 4 unspecified atom stereocenters. The van der Waals surface area contributed by atoms with Crippen LogP contribution in [0, 0.1) is 12.8 Å². The number of aliphatic hydroxyl groups excluding tert-OH is 1. The van der Waals surface area contributed by atoms with Crippen LogP contribution in [0.1, 0.15) is 29.8 Å². The van der Waals surface area contributed by atoms with Gasteiger partial charge in [0.05, 0.1) is 18.6 Å². The number of aryl methyl sites for hydroxylation is 1. The number of fused-ring (bicyclic) bond motifs is 1. The van der Waals surface area contributed by atoms with Crippen molar-refractivity contribution in [3.8, 4) is 11.5 Å². The van der Waals surface area contributed by atoms with Crippen LogP contribution in [0.3, 0.4) is 0 Å². The smallest absolute Gasteiger partial charge is 0.342 e. The van der Waals surface area contributed by atoms with Crippen LogP contribution < -0.4 is 0 Å². The molecule has 3 rings (SSSR count). The maximum Gasteiger partial charge on any atom is 0.342 e. The summed E-state index contributed by atoms with van der Waals surface area (Å²) in [6.45, 7) is 4.39. The Morgan fingerprint density at radius 2 is 2.03 bits per heavy atom. The highest BCUT2D eigenvalue weighted by Crippen LogP contribution is 2.38. The van der Waals surface area contributed by atoms with E-state index >= 15 is 0 Å². The Morgan fingerprint density at radius 3 is 2.67 bits per heavy atom. The lowest BCUT2D eigenvalue weighted by Crippen LogP contribution is -2.56. The summed E-state index contributed by atoms with van der Waals surface area (Å²) in [5.41, 5.74) is -1.36. The second-order valence-electron chi connectivity index (χ2n) is 7.70. The van der Waals surface area contributed by atoms with Gasteiger partial charge in [-0.3, -0.25) is 4.79 Å². The molecule has 0 bridgehead atoms. The van der Waals surface area contributed by atoms with Gasteiger partial charge in [-0.2, -0.15) is 0 Å². The lowest BCUT2D eigenvalue weighted by atomic mass is 9.75. The number of aromatic hydroxyl groups is 2. The maximum atomic E-state index is 12.8. The van der Waals surface area contributed by atoms with Crippen molar-refractivity contribution in [1.82, 2.24) is 0 Å². The first-order valence-corrected chi connectivity index (χ1v) is 9.43. The van der Waals surface area contributed by atoms with Crippen LogP contribution in [0.4, 0.5) is 0 Å². The fourth-order valence-electron chi connectivity index (χ4n) is 3.55. The number of rotatable bonds is 4. The summed E-state index contributed by atoms with van der Waals surface area (Å²) in [6.07, 6.45) is 4.02. The average Bonchev–Trinajstić information content (AvgIpc) is 2.63. The molecular weight excluding hydrogens is 392 g/mol. The number of aliphatic hydroxyl groups is 2. The van der Waals surface area contributed by atoms with E-state index in [0.717, 1.165) is 6.07 Å². The van der Waals surface area contributed by atoms with E-state index in [9.17, 15) is 30.0 Å². The summed E-state index contributed by atoms with van der Waals surface area (Å²) < 4.78 is 11.1. The molecule has 4 N–H and O–H groups in total. The number of phenols is 2. The molecule has 8 heteroatoms. The summed E-state index contributed by atoms with van der Waals surface area (Å²) in [5, 5.41) is 39.7. The predicted molar refractivity (Wildman–Crippen MR) is 106 cm³/mol. The molecule has 30 heavy (non-hydrogen) atoms. The molecule has 1 aliphatic carbocycles. The van der Waals surface area contributed by atoms with Crippen molar-refractivity contribution in [3.63, 3.8) is 0 Å². The number of allylic oxidation sites excluding steroid dienone is 2. The van der Waals surface area contributed by atoms with E-state index in [2.05, 4.69) is 0 Å². The summed E-state index contributed by atoms with van der Waals surface area (Å²) >= 11 is 0. The summed E-state index contributed by atoms with van der Waals surface area (Å²) in [5.74, 6) is -2.45. The van der Waals surface area contributed by atoms with Crippen LogP contribution in [-0.4, -0.2) is 56.6 Å². The first-order chi connectivity index (χ1) is 14.0. The van der Waals surface area contributed by atoms with Crippen molar-refractivity contribution in [2.24, 2.45) is 5.92 Å². The molecule has 0 saturated carbocycles. The number of hydrogen-bond donors (Lipinski definition) is 4. The molecule has 1 aromatic rings. The van der Waals surface area contributed by atoms with E-state index in [1.54, 1.807) is 19.1 Å². The second-order valence-corrected chi connectivity index (χ2v) is 7.70. The lowest BCUT2D eigenvalue weighted by Gasteiger charge is -2.41.